The van der Waals surface area contributed by atoms with Crippen LogP contribution in [0.3, 0.4) is 0 Å². The summed E-state index contributed by atoms with van der Waals surface area (Å²) >= 11 is 0. The minimum atomic E-state index is -3.54. The van der Waals surface area contributed by atoms with E-state index in [1.54, 1.807) is 13.8 Å². The van der Waals surface area contributed by atoms with Crippen molar-refractivity contribution in [2.24, 2.45) is 0 Å². The minimum absolute atomic E-state index is 0.387. The molecule has 0 saturated heterocycles. The molecule has 0 heterocycles. The second-order valence-corrected chi connectivity index (χ2v) is 5.47. The predicted molar refractivity (Wildman–Crippen MR) is 46.8 cm³/mol. The fourth-order valence-electron chi connectivity index (χ4n) is 0.936. The molecule has 1 atom stereocenters. The van der Waals surface area contributed by atoms with Crippen molar-refractivity contribution in [1.29, 1.82) is 0 Å². The minimum Gasteiger partial charge on any atom is -0.269 e. The Balaban J connectivity index is 4.38. The normalized spacial score (nSPS) is 17.4. The van der Waals surface area contributed by atoms with Crippen LogP contribution in [0.5, 0.6) is 0 Å². The lowest BCUT2D eigenvalue weighted by molar-refractivity contribution is 0.400. The van der Waals surface area contributed by atoms with E-state index in [1.165, 1.54) is 4.67 Å². The van der Waals surface area contributed by atoms with Gasteiger partial charge in [-0.2, -0.15) is 4.20 Å². The molecular weight excluding hydrogens is 164 g/mol. The first-order valence-corrected chi connectivity index (χ1v) is 5.63. The summed E-state index contributed by atoms with van der Waals surface area (Å²) in [6.45, 7) is 7.97. The van der Waals surface area contributed by atoms with Gasteiger partial charge in [-0.25, -0.2) is 4.67 Å². The molecule has 0 rings (SSSR count). The highest BCUT2D eigenvalue weighted by molar-refractivity contribution is 7.56. The Morgan fingerprint density at radius 1 is 1.36 bits per heavy atom. The quantitative estimate of drug-likeness (QED) is 0.621. The Morgan fingerprint density at radius 2 is 1.73 bits per heavy atom. The molecule has 2 nitrogen and oxygen atoms in total. The van der Waals surface area contributed by atoms with Crippen molar-refractivity contribution in [2.75, 3.05) is 13.1 Å². The maximum absolute atomic E-state index is 13.4. The summed E-state index contributed by atoms with van der Waals surface area (Å²) in [6, 6.07) is 0. The highest BCUT2D eigenvalue weighted by Gasteiger charge is 2.31. The fraction of sp³-hybridized carbons (Fsp3) is 1.00. The van der Waals surface area contributed by atoms with E-state index >= 15 is 0 Å². The van der Waals surface area contributed by atoms with Gasteiger partial charge in [-0.15, -0.1) is 0 Å². The van der Waals surface area contributed by atoms with E-state index in [-0.39, 0.29) is 5.66 Å². The van der Waals surface area contributed by atoms with Crippen LogP contribution >= 0.6 is 7.60 Å². The molecule has 4 heteroatoms. The standard InChI is InChI=1S/C7H17FNOP/c1-5-9(6-2)11(8,10)7(3)4/h7H,5-6H2,1-4H3. The molecule has 0 fully saturated rings. The van der Waals surface area contributed by atoms with Crippen LogP contribution in [-0.4, -0.2) is 23.4 Å². The first kappa shape index (κ1) is 11.1. The molecule has 68 valence electrons. The van der Waals surface area contributed by atoms with Gasteiger partial charge in [0.1, 0.15) is 0 Å². The highest BCUT2D eigenvalue weighted by atomic mass is 31.2. The Hall–Kier alpha value is 0.120. The van der Waals surface area contributed by atoms with Crippen LogP contribution in [0.4, 0.5) is 4.20 Å². The smallest absolute Gasteiger partial charge is 0.269 e. The summed E-state index contributed by atoms with van der Waals surface area (Å²) in [5.74, 6) is 0. The van der Waals surface area contributed by atoms with Crippen LogP contribution in [0.25, 0.3) is 0 Å². The van der Waals surface area contributed by atoms with Gasteiger partial charge in [-0.05, 0) is 0 Å². The van der Waals surface area contributed by atoms with Gasteiger partial charge in [-0.1, -0.05) is 27.7 Å². The molecule has 0 aliphatic heterocycles. The van der Waals surface area contributed by atoms with Gasteiger partial charge in [0.2, 0.25) is 0 Å². The summed E-state index contributed by atoms with van der Waals surface area (Å²) in [5, 5.41) is 0. The van der Waals surface area contributed by atoms with Gasteiger partial charge < -0.3 is 0 Å². The lowest BCUT2D eigenvalue weighted by atomic mass is 10.6. The van der Waals surface area contributed by atoms with Crippen molar-refractivity contribution in [3.05, 3.63) is 0 Å². The van der Waals surface area contributed by atoms with E-state index in [1.807, 2.05) is 13.8 Å². The van der Waals surface area contributed by atoms with E-state index in [0.29, 0.717) is 13.1 Å². The summed E-state index contributed by atoms with van der Waals surface area (Å²) < 4.78 is 26.1. The van der Waals surface area contributed by atoms with Crippen molar-refractivity contribution in [3.63, 3.8) is 0 Å². The first-order chi connectivity index (χ1) is 4.96. The fourth-order valence-corrected chi connectivity index (χ4v) is 2.36. The molecule has 0 spiro atoms. The molecule has 0 aliphatic carbocycles. The molecule has 0 N–H and O–H groups in total. The van der Waals surface area contributed by atoms with Gasteiger partial charge >= 0.3 is 7.60 Å². The third kappa shape index (κ3) is 2.57. The van der Waals surface area contributed by atoms with Gasteiger partial charge in [0, 0.05) is 18.7 Å². The maximum Gasteiger partial charge on any atom is 0.312 e. The average Bonchev–Trinajstić information content (AvgIpc) is 1.89. The molecule has 0 aromatic heterocycles. The topological polar surface area (TPSA) is 20.3 Å². The zero-order chi connectivity index (χ0) is 9.07. The lowest BCUT2D eigenvalue weighted by Gasteiger charge is -2.25. The van der Waals surface area contributed by atoms with E-state index in [2.05, 4.69) is 0 Å². The maximum atomic E-state index is 13.4. The summed E-state index contributed by atoms with van der Waals surface area (Å²) in [7, 11) is -3.54. The molecule has 0 bridgehead atoms. The van der Waals surface area contributed by atoms with Gasteiger partial charge in [-0.3, -0.25) is 4.57 Å². The van der Waals surface area contributed by atoms with Crippen LogP contribution in [0.2, 0.25) is 0 Å². The van der Waals surface area contributed by atoms with E-state index in [9.17, 15) is 8.76 Å². The monoisotopic (exact) mass is 181 g/mol. The molecule has 0 radical (unpaired) electrons. The second-order valence-electron chi connectivity index (χ2n) is 2.78. The molecule has 11 heavy (non-hydrogen) atoms. The van der Waals surface area contributed by atoms with Crippen molar-refractivity contribution in [1.82, 2.24) is 4.67 Å². The third-order valence-corrected chi connectivity index (χ3v) is 4.36. The molecule has 0 aliphatic rings. The zero-order valence-electron chi connectivity index (χ0n) is 7.67. The Labute approximate surface area is 68.3 Å². The van der Waals surface area contributed by atoms with Crippen molar-refractivity contribution in [2.45, 2.75) is 33.4 Å². The van der Waals surface area contributed by atoms with Crippen LogP contribution in [-0.2, 0) is 4.57 Å². The SMILES string of the molecule is CCN(CC)P(=O)(F)C(C)C. The van der Waals surface area contributed by atoms with Gasteiger partial charge in [0.05, 0.1) is 0 Å². The van der Waals surface area contributed by atoms with Crippen molar-refractivity contribution >= 4 is 7.60 Å². The predicted octanol–water partition coefficient (Wildman–Crippen LogP) is 2.90. The van der Waals surface area contributed by atoms with Crippen LogP contribution < -0.4 is 0 Å². The summed E-state index contributed by atoms with van der Waals surface area (Å²) in [4.78, 5) is 0. The first-order valence-electron chi connectivity index (χ1n) is 4.01. The van der Waals surface area contributed by atoms with Gasteiger partial charge in [0.25, 0.3) is 0 Å². The molecule has 1 unspecified atom stereocenters. The number of hydrogen-bond donors (Lipinski definition) is 0. The molecular formula is C7H17FNOP. The van der Waals surface area contributed by atoms with E-state index < -0.39 is 7.60 Å². The van der Waals surface area contributed by atoms with E-state index in [0.717, 1.165) is 0 Å². The Bertz CT molecular complexity index is 157. The molecule has 0 amide bonds. The highest BCUT2D eigenvalue weighted by Crippen LogP contribution is 2.55. The Morgan fingerprint density at radius 3 is 1.82 bits per heavy atom. The van der Waals surface area contributed by atoms with Gasteiger partial charge in [0.15, 0.2) is 0 Å². The lowest BCUT2D eigenvalue weighted by Crippen LogP contribution is -2.21. The van der Waals surface area contributed by atoms with Crippen molar-refractivity contribution in [3.8, 4) is 0 Å². The Kier molecular flexibility index (Phi) is 4.27. The second kappa shape index (κ2) is 4.22. The number of hydrogen-bond acceptors (Lipinski definition) is 1. The summed E-state index contributed by atoms with van der Waals surface area (Å²) in [5.41, 5.74) is -0.387. The molecule has 0 aromatic carbocycles. The largest absolute Gasteiger partial charge is 0.312 e. The van der Waals surface area contributed by atoms with Crippen LogP contribution in [0.15, 0.2) is 0 Å². The van der Waals surface area contributed by atoms with E-state index in [4.69, 9.17) is 0 Å². The number of rotatable bonds is 4. The third-order valence-electron chi connectivity index (χ3n) is 1.75. The zero-order valence-corrected chi connectivity index (χ0v) is 8.57. The number of nitrogens with zero attached hydrogens (tertiary/aromatic N) is 1. The van der Waals surface area contributed by atoms with Crippen LogP contribution in [0, 0.1) is 0 Å². The molecule has 0 aromatic rings. The summed E-state index contributed by atoms with van der Waals surface area (Å²) in [6.07, 6.45) is 0. The molecule has 0 saturated carbocycles. The van der Waals surface area contributed by atoms with Crippen LogP contribution in [0.1, 0.15) is 27.7 Å². The number of halogens is 1. The average molecular weight is 181 g/mol. The van der Waals surface area contributed by atoms with Crippen molar-refractivity contribution < 1.29 is 8.76 Å².